The second kappa shape index (κ2) is 3.68. The topological polar surface area (TPSA) is 3.24 Å². The Balaban J connectivity index is 2.15. The van der Waals surface area contributed by atoms with E-state index >= 15 is 0 Å². The largest absolute Gasteiger partial charge is 0.312 e. The molecule has 0 spiro atoms. The van der Waals surface area contributed by atoms with E-state index in [9.17, 15) is 0 Å². The molecular weight excluding hydrogens is 166 g/mol. The lowest BCUT2D eigenvalue weighted by Gasteiger charge is -2.23. The molecule has 1 aromatic carbocycles. The Morgan fingerprint density at radius 1 is 1.08 bits per heavy atom. The van der Waals surface area contributed by atoms with Crippen molar-refractivity contribution in [1.82, 2.24) is 0 Å². The van der Waals surface area contributed by atoms with Crippen LogP contribution in [0.3, 0.4) is 0 Å². The molecule has 1 heterocycles. The van der Waals surface area contributed by atoms with Crippen LogP contribution in [0.4, 0.5) is 5.69 Å². The van der Waals surface area contributed by atoms with Gasteiger partial charge in [0.05, 0.1) is 0 Å². The van der Waals surface area contributed by atoms with Crippen LogP contribution < -0.4 is 4.31 Å². The Hall–Kier alpha value is -0.890. The van der Waals surface area contributed by atoms with Gasteiger partial charge in [-0.3, -0.25) is 0 Å². The summed E-state index contributed by atoms with van der Waals surface area (Å²) in [6.45, 7) is 1.02. The van der Waals surface area contributed by atoms with E-state index in [-0.39, 0.29) is 0 Å². The van der Waals surface area contributed by atoms with E-state index in [1.54, 1.807) is 0 Å². The molecule has 0 atom stereocenters. The zero-order valence-electron chi connectivity index (χ0n) is 6.81. The monoisotopic (exact) mass is 177 g/mol. The SMILES string of the molecule is C1=CCN(c2ccccc2)SC1. The maximum atomic E-state index is 2.31. The Labute approximate surface area is 77.2 Å². The lowest BCUT2D eigenvalue weighted by atomic mass is 10.3. The van der Waals surface area contributed by atoms with Gasteiger partial charge in [-0.2, -0.15) is 0 Å². The summed E-state index contributed by atoms with van der Waals surface area (Å²) < 4.78 is 2.31. The molecule has 1 nitrogen and oxygen atoms in total. The summed E-state index contributed by atoms with van der Waals surface area (Å²) in [5, 5.41) is 0. The van der Waals surface area contributed by atoms with Gasteiger partial charge in [0.2, 0.25) is 0 Å². The van der Waals surface area contributed by atoms with E-state index in [0.717, 1.165) is 12.3 Å². The first-order valence-corrected chi connectivity index (χ1v) is 5.01. The molecule has 2 heteroatoms. The van der Waals surface area contributed by atoms with E-state index < -0.39 is 0 Å². The minimum atomic E-state index is 1.02. The fraction of sp³-hybridized carbons (Fsp3) is 0.200. The highest BCUT2D eigenvalue weighted by Crippen LogP contribution is 2.23. The van der Waals surface area contributed by atoms with Crippen LogP contribution in [0, 0.1) is 0 Å². The Bertz CT molecular complexity index is 268. The van der Waals surface area contributed by atoms with Crippen molar-refractivity contribution in [2.75, 3.05) is 16.6 Å². The quantitative estimate of drug-likeness (QED) is 0.479. The normalized spacial score (nSPS) is 16.5. The molecule has 0 amide bonds. The highest BCUT2D eigenvalue weighted by atomic mass is 32.2. The molecule has 1 aromatic rings. The Morgan fingerprint density at radius 3 is 2.58 bits per heavy atom. The van der Waals surface area contributed by atoms with Crippen LogP contribution in [0.1, 0.15) is 0 Å². The number of para-hydroxylation sites is 1. The standard InChI is InChI=1S/C10H11NS/c1-2-6-10(7-3-1)11-8-4-5-9-12-11/h1-7H,8-9H2. The predicted molar refractivity (Wildman–Crippen MR) is 55.4 cm³/mol. The van der Waals surface area contributed by atoms with Crippen molar-refractivity contribution >= 4 is 17.6 Å². The van der Waals surface area contributed by atoms with Gasteiger partial charge in [0, 0.05) is 18.0 Å². The molecule has 0 N–H and O–H groups in total. The van der Waals surface area contributed by atoms with Crippen LogP contribution >= 0.6 is 11.9 Å². The van der Waals surface area contributed by atoms with E-state index in [0.29, 0.717) is 0 Å². The summed E-state index contributed by atoms with van der Waals surface area (Å²) in [5.74, 6) is 1.09. The molecule has 0 saturated heterocycles. The summed E-state index contributed by atoms with van der Waals surface area (Å²) in [7, 11) is 0. The van der Waals surface area contributed by atoms with Crippen molar-refractivity contribution in [1.29, 1.82) is 0 Å². The van der Waals surface area contributed by atoms with Crippen molar-refractivity contribution in [2.45, 2.75) is 0 Å². The molecule has 0 unspecified atom stereocenters. The van der Waals surface area contributed by atoms with Crippen molar-refractivity contribution in [3.8, 4) is 0 Å². The molecular formula is C10H11NS. The number of rotatable bonds is 1. The lowest BCUT2D eigenvalue weighted by Crippen LogP contribution is -2.17. The number of hydrogen-bond acceptors (Lipinski definition) is 2. The first kappa shape index (κ1) is 7.74. The fourth-order valence-electron chi connectivity index (χ4n) is 1.20. The van der Waals surface area contributed by atoms with Gasteiger partial charge in [-0.05, 0) is 24.1 Å². The Kier molecular flexibility index (Phi) is 2.37. The number of nitrogens with zero attached hydrogens (tertiary/aromatic N) is 1. The predicted octanol–water partition coefficient (Wildman–Crippen LogP) is 2.71. The van der Waals surface area contributed by atoms with Crippen LogP contribution in [0.5, 0.6) is 0 Å². The third kappa shape index (κ3) is 1.64. The van der Waals surface area contributed by atoms with E-state index in [4.69, 9.17) is 0 Å². The third-order valence-electron chi connectivity index (χ3n) is 1.81. The average molecular weight is 177 g/mol. The first-order valence-electron chi connectivity index (χ1n) is 4.07. The molecule has 1 aliphatic heterocycles. The highest BCUT2D eigenvalue weighted by Gasteiger charge is 2.06. The molecule has 0 aliphatic carbocycles. The van der Waals surface area contributed by atoms with Crippen LogP contribution in [0.25, 0.3) is 0 Å². The maximum absolute atomic E-state index is 2.31. The second-order valence-corrected chi connectivity index (χ2v) is 3.70. The van der Waals surface area contributed by atoms with Crippen LogP contribution in [-0.2, 0) is 0 Å². The van der Waals surface area contributed by atoms with Gasteiger partial charge in [-0.15, -0.1) is 0 Å². The zero-order chi connectivity index (χ0) is 8.23. The number of hydrogen-bond donors (Lipinski definition) is 0. The summed E-state index contributed by atoms with van der Waals surface area (Å²) in [4.78, 5) is 0. The highest BCUT2D eigenvalue weighted by molar-refractivity contribution is 8.00. The molecule has 62 valence electrons. The second-order valence-electron chi connectivity index (χ2n) is 2.66. The molecule has 2 rings (SSSR count). The minimum absolute atomic E-state index is 1.02. The molecule has 0 radical (unpaired) electrons. The molecule has 0 aromatic heterocycles. The summed E-state index contributed by atoms with van der Waals surface area (Å²) in [6, 6.07) is 10.5. The van der Waals surface area contributed by atoms with Crippen LogP contribution in [0.15, 0.2) is 42.5 Å². The van der Waals surface area contributed by atoms with E-state index in [2.05, 4.69) is 40.7 Å². The minimum Gasteiger partial charge on any atom is -0.312 e. The fourth-order valence-corrected chi connectivity index (χ4v) is 2.06. The van der Waals surface area contributed by atoms with Crippen molar-refractivity contribution < 1.29 is 0 Å². The summed E-state index contributed by atoms with van der Waals surface area (Å²) in [5.41, 5.74) is 1.30. The maximum Gasteiger partial charge on any atom is 0.0476 e. The van der Waals surface area contributed by atoms with Crippen molar-refractivity contribution in [3.63, 3.8) is 0 Å². The first-order chi connectivity index (χ1) is 5.97. The third-order valence-corrected chi connectivity index (χ3v) is 2.82. The van der Waals surface area contributed by atoms with Gasteiger partial charge in [0.1, 0.15) is 0 Å². The van der Waals surface area contributed by atoms with Gasteiger partial charge in [-0.25, -0.2) is 0 Å². The van der Waals surface area contributed by atoms with E-state index in [1.807, 2.05) is 18.0 Å². The lowest BCUT2D eigenvalue weighted by molar-refractivity contribution is 1.19. The molecule has 0 bridgehead atoms. The summed E-state index contributed by atoms with van der Waals surface area (Å²) in [6.07, 6.45) is 4.42. The van der Waals surface area contributed by atoms with Gasteiger partial charge in [0.25, 0.3) is 0 Å². The van der Waals surface area contributed by atoms with Crippen LogP contribution in [0.2, 0.25) is 0 Å². The molecule has 12 heavy (non-hydrogen) atoms. The molecule has 0 saturated carbocycles. The Morgan fingerprint density at radius 2 is 1.92 bits per heavy atom. The average Bonchev–Trinajstić information content (AvgIpc) is 2.21. The van der Waals surface area contributed by atoms with Crippen molar-refractivity contribution in [2.24, 2.45) is 0 Å². The van der Waals surface area contributed by atoms with E-state index in [1.165, 1.54) is 5.69 Å². The zero-order valence-corrected chi connectivity index (χ0v) is 7.63. The van der Waals surface area contributed by atoms with Gasteiger partial charge >= 0.3 is 0 Å². The van der Waals surface area contributed by atoms with Gasteiger partial charge < -0.3 is 4.31 Å². The molecule has 1 aliphatic rings. The number of anilines is 1. The number of benzene rings is 1. The van der Waals surface area contributed by atoms with Gasteiger partial charge in [0.15, 0.2) is 0 Å². The smallest absolute Gasteiger partial charge is 0.0476 e. The van der Waals surface area contributed by atoms with Gasteiger partial charge in [-0.1, -0.05) is 30.4 Å². The molecule has 0 fully saturated rings. The van der Waals surface area contributed by atoms with Crippen LogP contribution in [-0.4, -0.2) is 12.3 Å². The van der Waals surface area contributed by atoms with Crippen molar-refractivity contribution in [3.05, 3.63) is 42.5 Å². The summed E-state index contributed by atoms with van der Waals surface area (Å²) >= 11 is 1.86.